The number of rotatable bonds is 5. The molecule has 4 aromatic rings. The van der Waals surface area contributed by atoms with E-state index < -0.39 is 17.5 Å². The average Bonchev–Trinajstić information content (AvgIpc) is 3.59. The molecule has 0 unspecified atom stereocenters. The van der Waals surface area contributed by atoms with Crippen molar-refractivity contribution < 1.29 is 18.3 Å². The van der Waals surface area contributed by atoms with Crippen molar-refractivity contribution in [2.75, 3.05) is 0 Å². The highest BCUT2D eigenvalue weighted by Crippen LogP contribution is 2.54. The Kier molecular flexibility index (Phi) is 5.01. The standard InChI is InChI=1S/C27H19F2N3O2S/c1-13(30)16-10-22(28)21(23(29)11-16)12-32-26(33)14-2-4-17-19(8-14)25-20-9-15(27-31-6-7-35-27)3-5-18(20)24(17)34-25/h2-11,24-25H,1,12,30H2,(H,32,33)/t24-,25+/m1/s1. The summed E-state index contributed by atoms with van der Waals surface area (Å²) in [5.41, 5.74) is 11.1. The Bertz CT molecular complexity index is 1490. The van der Waals surface area contributed by atoms with Gasteiger partial charge < -0.3 is 15.8 Å². The lowest BCUT2D eigenvalue weighted by Crippen LogP contribution is -2.24. The summed E-state index contributed by atoms with van der Waals surface area (Å²) in [6.07, 6.45) is 1.33. The number of benzene rings is 3. The van der Waals surface area contributed by atoms with E-state index in [1.165, 1.54) is 0 Å². The maximum atomic E-state index is 14.4. The van der Waals surface area contributed by atoms with Crippen LogP contribution in [0.4, 0.5) is 8.78 Å². The molecule has 6 rings (SSSR count). The Morgan fingerprint density at radius 1 is 1.00 bits per heavy atom. The maximum Gasteiger partial charge on any atom is 0.251 e. The van der Waals surface area contributed by atoms with Crippen LogP contribution in [0.15, 0.2) is 66.7 Å². The number of amides is 1. The molecule has 0 aliphatic carbocycles. The highest BCUT2D eigenvalue weighted by molar-refractivity contribution is 7.13. The van der Waals surface area contributed by atoms with Gasteiger partial charge in [0.15, 0.2) is 0 Å². The highest BCUT2D eigenvalue weighted by Gasteiger charge is 2.43. The minimum absolute atomic E-state index is 0.0633. The first-order chi connectivity index (χ1) is 16.9. The zero-order valence-corrected chi connectivity index (χ0v) is 19.2. The summed E-state index contributed by atoms with van der Waals surface area (Å²) in [7, 11) is 0. The third-order valence-electron chi connectivity index (χ3n) is 6.45. The SMILES string of the molecule is C=C(N)c1cc(F)c(CNC(=O)c2ccc3c(c2)[C@@H]2O[C@H]3c3ccc(-c4nccs4)cc32)c(F)c1. The van der Waals surface area contributed by atoms with Crippen molar-refractivity contribution in [3.63, 3.8) is 0 Å². The molecule has 2 bridgehead atoms. The molecule has 2 atom stereocenters. The molecule has 35 heavy (non-hydrogen) atoms. The number of hydrogen-bond donors (Lipinski definition) is 2. The zero-order chi connectivity index (χ0) is 24.3. The van der Waals surface area contributed by atoms with Crippen LogP contribution in [0.25, 0.3) is 16.3 Å². The predicted octanol–water partition coefficient (Wildman–Crippen LogP) is 5.47. The topological polar surface area (TPSA) is 77.2 Å². The summed E-state index contributed by atoms with van der Waals surface area (Å²) in [5.74, 6) is -2.02. The molecule has 0 spiro atoms. The van der Waals surface area contributed by atoms with Crippen LogP contribution in [0, 0.1) is 11.6 Å². The van der Waals surface area contributed by atoms with E-state index >= 15 is 0 Å². The van der Waals surface area contributed by atoms with Gasteiger partial charge in [-0.25, -0.2) is 13.8 Å². The number of halogens is 2. The van der Waals surface area contributed by atoms with Gasteiger partial charge in [0.2, 0.25) is 0 Å². The number of nitrogens with one attached hydrogen (secondary N) is 1. The van der Waals surface area contributed by atoms with Crippen LogP contribution in [-0.2, 0) is 11.3 Å². The van der Waals surface area contributed by atoms with Crippen molar-refractivity contribution in [2.24, 2.45) is 5.73 Å². The second-order valence-electron chi connectivity index (χ2n) is 8.55. The normalized spacial score (nSPS) is 17.2. The third-order valence-corrected chi connectivity index (χ3v) is 7.28. The number of nitrogens with zero attached hydrogens (tertiary/aromatic N) is 1. The van der Waals surface area contributed by atoms with Crippen LogP contribution in [0.3, 0.4) is 0 Å². The maximum absolute atomic E-state index is 14.4. The zero-order valence-electron chi connectivity index (χ0n) is 18.3. The van der Waals surface area contributed by atoms with Gasteiger partial charge in [-0.05, 0) is 52.6 Å². The lowest BCUT2D eigenvalue weighted by atomic mass is 9.84. The first kappa shape index (κ1) is 21.6. The van der Waals surface area contributed by atoms with E-state index in [1.807, 2.05) is 11.4 Å². The van der Waals surface area contributed by atoms with Crippen molar-refractivity contribution >= 4 is 22.9 Å². The summed E-state index contributed by atoms with van der Waals surface area (Å²) >= 11 is 1.57. The Hall–Kier alpha value is -3.88. The summed E-state index contributed by atoms with van der Waals surface area (Å²) in [5, 5.41) is 5.48. The smallest absolute Gasteiger partial charge is 0.251 e. The second-order valence-corrected chi connectivity index (χ2v) is 9.44. The predicted molar refractivity (Wildman–Crippen MR) is 130 cm³/mol. The van der Waals surface area contributed by atoms with Gasteiger partial charge in [0, 0.05) is 46.1 Å². The number of ether oxygens (including phenoxy) is 1. The van der Waals surface area contributed by atoms with Crippen LogP contribution in [0.5, 0.6) is 0 Å². The van der Waals surface area contributed by atoms with Crippen LogP contribution in [0.1, 0.15) is 55.9 Å². The van der Waals surface area contributed by atoms with Crippen molar-refractivity contribution in [1.82, 2.24) is 10.3 Å². The molecule has 1 aromatic heterocycles. The summed E-state index contributed by atoms with van der Waals surface area (Å²) in [6.45, 7) is 3.19. The van der Waals surface area contributed by atoms with Crippen molar-refractivity contribution in [3.8, 4) is 10.6 Å². The molecule has 3 N–H and O–H groups in total. The number of aromatic nitrogens is 1. The summed E-state index contributed by atoms with van der Waals surface area (Å²) in [4.78, 5) is 17.2. The van der Waals surface area contributed by atoms with Gasteiger partial charge in [-0.3, -0.25) is 4.79 Å². The van der Waals surface area contributed by atoms with Gasteiger partial charge in [-0.15, -0.1) is 11.3 Å². The second kappa shape index (κ2) is 8.11. The van der Waals surface area contributed by atoms with Crippen LogP contribution < -0.4 is 11.1 Å². The molecule has 2 aliphatic rings. The van der Waals surface area contributed by atoms with Gasteiger partial charge in [0.1, 0.15) is 28.8 Å². The largest absolute Gasteiger partial charge is 0.399 e. The fraction of sp³-hybridized carbons (Fsp3) is 0.111. The molecule has 174 valence electrons. The summed E-state index contributed by atoms with van der Waals surface area (Å²) in [6, 6.07) is 13.8. The molecule has 5 nitrogen and oxygen atoms in total. The lowest BCUT2D eigenvalue weighted by molar-refractivity contribution is 0.0857. The fourth-order valence-electron chi connectivity index (χ4n) is 4.71. The molecule has 8 heteroatoms. The molecule has 0 saturated carbocycles. The summed E-state index contributed by atoms with van der Waals surface area (Å²) < 4.78 is 35.0. The fourth-order valence-corrected chi connectivity index (χ4v) is 5.35. The quantitative estimate of drug-likeness (QED) is 0.391. The van der Waals surface area contributed by atoms with Gasteiger partial charge in [0.25, 0.3) is 5.91 Å². The van der Waals surface area contributed by atoms with Gasteiger partial charge >= 0.3 is 0 Å². The molecule has 0 radical (unpaired) electrons. The van der Waals surface area contributed by atoms with Gasteiger partial charge in [-0.2, -0.15) is 0 Å². The van der Waals surface area contributed by atoms with E-state index in [4.69, 9.17) is 10.5 Å². The Morgan fingerprint density at radius 3 is 2.37 bits per heavy atom. The number of carbonyl (C=O) groups excluding carboxylic acids is 1. The van der Waals surface area contributed by atoms with Crippen LogP contribution >= 0.6 is 11.3 Å². The molecular formula is C27H19F2N3O2S. The molecular weight excluding hydrogens is 468 g/mol. The van der Waals surface area contributed by atoms with Gasteiger partial charge in [-0.1, -0.05) is 24.8 Å². The van der Waals surface area contributed by atoms with E-state index in [9.17, 15) is 13.6 Å². The highest BCUT2D eigenvalue weighted by atomic mass is 32.1. The van der Waals surface area contributed by atoms with Crippen LogP contribution in [0.2, 0.25) is 0 Å². The molecule has 1 amide bonds. The van der Waals surface area contributed by atoms with Crippen molar-refractivity contribution in [3.05, 3.63) is 117 Å². The average molecular weight is 488 g/mol. The van der Waals surface area contributed by atoms with Gasteiger partial charge in [0.05, 0.1) is 0 Å². The first-order valence-electron chi connectivity index (χ1n) is 10.9. The minimum Gasteiger partial charge on any atom is -0.399 e. The van der Waals surface area contributed by atoms with E-state index in [2.05, 4.69) is 35.1 Å². The number of nitrogens with two attached hydrogens (primary N) is 1. The number of carbonyl (C=O) groups is 1. The molecule has 3 aromatic carbocycles. The van der Waals surface area contributed by atoms with Crippen molar-refractivity contribution in [1.29, 1.82) is 0 Å². The van der Waals surface area contributed by atoms with E-state index in [-0.39, 0.29) is 35.6 Å². The first-order valence-corrected chi connectivity index (χ1v) is 11.8. The molecule has 2 aliphatic heterocycles. The Labute approximate surface area is 203 Å². The molecule has 0 fully saturated rings. The number of thiazole rings is 1. The van der Waals surface area contributed by atoms with E-state index in [0.29, 0.717) is 5.56 Å². The third kappa shape index (κ3) is 3.53. The lowest BCUT2D eigenvalue weighted by Gasteiger charge is -2.17. The minimum atomic E-state index is -0.792. The van der Waals surface area contributed by atoms with Crippen molar-refractivity contribution in [2.45, 2.75) is 18.8 Å². The molecule has 3 heterocycles. The van der Waals surface area contributed by atoms with Crippen LogP contribution in [-0.4, -0.2) is 10.9 Å². The number of hydrogen-bond acceptors (Lipinski definition) is 5. The monoisotopic (exact) mass is 487 g/mol. The molecule has 0 saturated heterocycles. The van der Waals surface area contributed by atoms with E-state index in [0.717, 1.165) is 45.0 Å². The number of fused-ring (bicyclic) bond motifs is 8. The Balaban J connectivity index is 1.24. The van der Waals surface area contributed by atoms with E-state index in [1.54, 1.807) is 29.7 Å². The Morgan fingerprint density at radius 2 is 1.69 bits per heavy atom.